The van der Waals surface area contributed by atoms with Crippen LogP contribution >= 0.6 is 0 Å². The second-order valence-corrected chi connectivity index (χ2v) is 12.6. The van der Waals surface area contributed by atoms with Crippen LogP contribution in [-0.2, 0) is 19.8 Å². The van der Waals surface area contributed by atoms with Crippen molar-refractivity contribution in [1.82, 2.24) is 14.7 Å². The molecule has 0 aliphatic carbocycles. The van der Waals surface area contributed by atoms with Crippen molar-refractivity contribution in [1.29, 1.82) is 0 Å². The summed E-state index contributed by atoms with van der Waals surface area (Å²) in [6.45, 7) is 8.45. The number of amides is 4. The van der Waals surface area contributed by atoms with Crippen LogP contribution in [0.15, 0.2) is 54.6 Å². The van der Waals surface area contributed by atoms with Gasteiger partial charge in [0.2, 0.25) is 11.8 Å². The number of carbonyl (C=O) groups is 4. The molecule has 0 aromatic heterocycles. The van der Waals surface area contributed by atoms with Crippen molar-refractivity contribution in [3.63, 3.8) is 0 Å². The molecular weight excluding hydrogens is 518 g/mol. The standard InChI is InChI=1S/C32H41N5O4/c1-31(2,3)25-13-11-23(12-14-25)29(40)34-18-15-32(16-19-34)30(41)36(22-37(32)26-9-5-4-6-10-26)21-27(38)35-17-7-8-24(20-35)28(33)39/h4-6,9-14,24H,7-8,15-22H2,1-3H3,(H2,33,39). The van der Waals surface area contributed by atoms with E-state index in [-0.39, 0.29) is 41.5 Å². The average Bonchev–Trinajstić information content (AvgIpc) is 3.23. The molecule has 9 nitrogen and oxygen atoms in total. The predicted molar refractivity (Wildman–Crippen MR) is 157 cm³/mol. The van der Waals surface area contributed by atoms with E-state index in [9.17, 15) is 19.2 Å². The van der Waals surface area contributed by atoms with Gasteiger partial charge in [0.05, 0.1) is 12.6 Å². The second-order valence-electron chi connectivity index (χ2n) is 12.6. The first kappa shape index (κ1) is 28.6. The summed E-state index contributed by atoms with van der Waals surface area (Å²) in [5, 5.41) is 0. The summed E-state index contributed by atoms with van der Waals surface area (Å²) in [7, 11) is 0. The van der Waals surface area contributed by atoms with Crippen molar-refractivity contribution in [3.05, 3.63) is 65.7 Å². The first-order valence-electron chi connectivity index (χ1n) is 14.6. The Balaban J connectivity index is 1.31. The van der Waals surface area contributed by atoms with E-state index < -0.39 is 5.54 Å². The van der Waals surface area contributed by atoms with Crippen molar-refractivity contribution in [2.75, 3.05) is 44.3 Å². The van der Waals surface area contributed by atoms with E-state index in [1.807, 2.05) is 59.5 Å². The maximum atomic E-state index is 14.1. The molecule has 5 rings (SSSR count). The lowest BCUT2D eigenvalue weighted by molar-refractivity contribution is -0.142. The molecule has 1 unspecified atom stereocenters. The number of benzene rings is 2. The van der Waals surface area contributed by atoms with Crippen molar-refractivity contribution in [2.24, 2.45) is 11.7 Å². The van der Waals surface area contributed by atoms with Gasteiger partial charge in [0.15, 0.2) is 0 Å². The van der Waals surface area contributed by atoms with Crippen molar-refractivity contribution < 1.29 is 19.2 Å². The molecule has 2 aromatic rings. The van der Waals surface area contributed by atoms with E-state index in [1.54, 1.807) is 9.80 Å². The molecule has 2 aromatic carbocycles. The van der Waals surface area contributed by atoms with Crippen LogP contribution in [0, 0.1) is 5.92 Å². The number of para-hydroxylation sites is 1. The van der Waals surface area contributed by atoms with E-state index in [4.69, 9.17) is 5.73 Å². The molecule has 218 valence electrons. The third-order valence-corrected chi connectivity index (χ3v) is 8.96. The number of primary amides is 1. The molecule has 3 aliphatic heterocycles. The van der Waals surface area contributed by atoms with Crippen LogP contribution in [0.2, 0.25) is 0 Å². The monoisotopic (exact) mass is 559 g/mol. The quantitative estimate of drug-likeness (QED) is 0.606. The van der Waals surface area contributed by atoms with Gasteiger partial charge in [-0.1, -0.05) is 51.1 Å². The van der Waals surface area contributed by atoms with Gasteiger partial charge in [0, 0.05) is 37.4 Å². The fraction of sp³-hybridized carbons (Fsp3) is 0.500. The lowest BCUT2D eigenvalue weighted by atomic mass is 9.84. The predicted octanol–water partition coefficient (Wildman–Crippen LogP) is 2.99. The molecule has 4 amide bonds. The van der Waals surface area contributed by atoms with Crippen LogP contribution in [0.1, 0.15) is 62.4 Å². The Morgan fingerprint density at radius 1 is 0.927 bits per heavy atom. The third-order valence-electron chi connectivity index (χ3n) is 8.96. The van der Waals surface area contributed by atoms with Gasteiger partial charge in [-0.25, -0.2) is 0 Å². The Morgan fingerprint density at radius 2 is 1.59 bits per heavy atom. The van der Waals surface area contributed by atoms with Gasteiger partial charge in [0.1, 0.15) is 12.1 Å². The maximum Gasteiger partial charge on any atom is 0.253 e. The van der Waals surface area contributed by atoms with Gasteiger partial charge >= 0.3 is 0 Å². The minimum absolute atomic E-state index is 0.00756. The highest BCUT2D eigenvalue weighted by Gasteiger charge is 2.54. The molecule has 9 heteroatoms. The first-order valence-corrected chi connectivity index (χ1v) is 14.6. The van der Waals surface area contributed by atoms with Gasteiger partial charge in [-0.2, -0.15) is 0 Å². The minimum atomic E-state index is -0.827. The summed E-state index contributed by atoms with van der Waals surface area (Å²) in [5.74, 6) is -1.01. The Labute approximate surface area is 242 Å². The smallest absolute Gasteiger partial charge is 0.253 e. The molecule has 1 atom stereocenters. The van der Waals surface area contributed by atoms with Crippen LogP contribution in [0.4, 0.5) is 5.69 Å². The maximum absolute atomic E-state index is 14.1. The van der Waals surface area contributed by atoms with Crippen LogP contribution in [0.25, 0.3) is 0 Å². The van der Waals surface area contributed by atoms with E-state index in [2.05, 4.69) is 25.7 Å². The fourth-order valence-corrected chi connectivity index (χ4v) is 6.40. The Bertz CT molecular complexity index is 1300. The molecular formula is C32H41N5O4. The average molecular weight is 560 g/mol. The Morgan fingerprint density at radius 3 is 2.20 bits per heavy atom. The number of hydrogen-bond donors (Lipinski definition) is 1. The van der Waals surface area contributed by atoms with Gasteiger partial charge in [-0.3, -0.25) is 19.2 Å². The van der Waals surface area contributed by atoms with Gasteiger partial charge in [0.25, 0.3) is 11.8 Å². The van der Waals surface area contributed by atoms with Crippen molar-refractivity contribution in [2.45, 2.75) is 57.4 Å². The zero-order chi connectivity index (χ0) is 29.4. The molecule has 2 N–H and O–H groups in total. The highest BCUT2D eigenvalue weighted by molar-refractivity contribution is 5.98. The normalized spacial score (nSPS) is 21.0. The summed E-state index contributed by atoms with van der Waals surface area (Å²) in [6, 6.07) is 17.6. The number of rotatable bonds is 5. The lowest BCUT2D eigenvalue weighted by Crippen LogP contribution is -2.57. The number of nitrogens with zero attached hydrogens (tertiary/aromatic N) is 4. The first-order chi connectivity index (χ1) is 19.5. The molecule has 3 heterocycles. The van der Waals surface area contributed by atoms with Crippen molar-refractivity contribution in [3.8, 4) is 0 Å². The SMILES string of the molecule is CC(C)(C)c1ccc(C(=O)N2CCC3(CC2)C(=O)N(CC(=O)N2CCCC(C(N)=O)C2)CN3c2ccccc2)cc1. The van der Waals surface area contributed by atoms with Gasteiger partial charge < -0.3 is 25.3 Å². The Hall–Kier alpha value is -3.88. The zero-order valence-electron chi connectivity index (χ0n) is 24.3. The summed E-state index contributed by atoms with van der Waals surface area (Å²) in [4.78, 5) is 59.7. The fourth-order valence-electron chi connectivity index (χ4n) is 6.40. The van der Waals surface area contributed by atoms with Gasteiger partial charge in [-0.05, 0) is 60.9 Å². The lowest BCUT2D eigenvalue weighted by Gasteiger charge is -2.43. The third kappa shape index (κ3) is 5.67. The van der Waals surface area contributed by atoms with E-state index in [0.717, 1.165) is 12.1 Å². The molecule has 3 aliphatic rings. The summed E-state index contributed by atoms with van der Waals surface area (Å²) in [5.41, 5.74) is 7.43. The van der Waals surface area contributed by atoms with E-state index in [0.29, 0.717) is 57.7 Å². The molecule has 3 fully saturated rings. The molecule has 3 saturated heterocycles. The number of hydrogen-bond acceptors (Lipinski definition) is 5. The molecule has 1 spiro atoms. The molecule has 0 radical (unpaired) electrons. The van der Waals surface area contributed by atoms with Crippen LogP contribution in [0.3, 0.4) is 0 Å². The minimum Gasteiger partial charge on any atom is -0.369 e. The highest BCUT2D eigenvalue weighted by Crippen LogP contribution is 2.40. The largest absolute Gasteiger partial charge is 0.369 e. The van der Waals surface area contributed by atoms with Crippen LogP contribution < -0.4 is 10.6 Å². The number of likely N-dealkylation sites (tertiary alicyclic amines) is 2. The summed E-state index contributed by atoms with van der Waals surface area (Å²) >= 11 is 0. The summed E-state index contributed by atoms with van der Waals surface area (Å²) < 4.78 is 0. The van der Waals surface area contributed by atoms with E-state index in [1.165, 1.54) is 5.56 Å². The van der Waals surface area contributed by atoms with Crippen molar-refractivity contribution >= 4 is 29.3 Å². The van der Waals surface area contributed by atoms with Crippen LogP contribution in [-0.4, -0.2) is 83.3 Å². The van der Waals surface area contributed by atoms with E-state index >= 15 is 0 Å². The number of anilines is 1. The number of carbonyl (C=O) groups excluding carboxylic acids is 4. The molecule has 0 saturated carbocycles. The number of nitrogens with two attached hydrogens (primary N) is 1. The summed E-state index contributed by atoms with van der Waals surface area (Å²) in [6.07, 6.45) is 2.36. The Kier molecular flexibility index (Phi) is 7.81. The number of piperidine rings is 2. The second kappa shape index (κ2) is 11.2. The molecule has 41 heavy (non-hydrogen) atoms. The highest BCUT2D eigenvalue weighted by atomic mass is 16.2. The van der Waals surface area contributed by atoms with Crippen LogP contribution in [0.5, 0.6) is 0 Å². The zero-order valence-corrected chi connectivity index (χ0v) is 24.3. The van der Waals surface area contributed by atoms with Gasteiger partial charge in [-0.15, -0.1) is 0 Å². The molecule has 0 bridgehead atoms. The topological polar surface area (TPSA) is 107 Å².